The summed E-state index contributed by atoms with van der Waals surface area (Å²) < 4.78 is 92.1. The molecule has 12 heteroatoms. The molecule has 0 aliphatic heterocycles. The number of ether oxygens (including phenoxy) is 1. The number of halogens is 3. The average molecular weight is 406 g/mol. The molecule has 0 aliphatic carbocycles. The molecule has 0 spiro atoms. The predicted molar refractivity (Wildman–Crippen MR) is 81.7 cm³/mol. The molecule has 7 nitrogen and oxygen atoms in total. The zero-order valence-corrected chi connectivity index (χ0v) is 15.4. The number of hydrogen-bond donors (Lipinski definition) is 0. The molecule has 1 aromatic carbocycles. The molecular formula is C13H18F3O7PS. The van der Waals surface area contributed by atoms with Crippen LogP contribution in [0.3, 0.4) is 0 Å². The third-order valence-corrected chi connectivity index (χ3v) is 5.73. The van der Waals surface area contributed by atoms with Crippen molar-refractivity contribution in [1.29, 1.82) is 0 Å². The molecule has 0 saturated heterocycles. The molecule has 1 atom stereocenters. The quantitative estimate of drug-likeness (QED) is 0.454. The topological polar surface area (TPSA) is 88.1 Å². The first-order valence-corrected chi connectivity index (χ1v) is 10.2. The summed E-state index contributed by atoms with van der Waals surface area (Å²) in [4.78, 5) is -0.861. The van der Waals surface area contributed by atoms with Crippen LogP contribution in [0.5, 0.6) is 5.75 Å². The molecule has 0 aromatic heterocycles. The number of alkyl halides is 3. The van der Waals surface area contributed by atoms with Gasteiger partial charge in [-0.2, -0.15) is 8.42 Å². The van der Waals surface area contributed by atoms with E-state index in [0.29, 0.717) is 0 Å². The highest BCUT2D eigenvalue weighted by atomic mass is 32.2. The lowest BCUT2D eigenvalue weighted by atomic mass is 10.3. The number of hydrogen-bond acceptors (Lipinski definition) is 7. The van der Waals surface area contributed by atoms with Gasteiger partial charge in [-0.1, -0.05) is 12.1 Å². The largest absolute Gasteiger partial charge is 0.573 e. The Kier molecular flexibility index (Phi) is 7.45. The minimum atomic E-state index is -5.09. The van der Waals surface area contributed by atoms with Crippen LogP contribution in [0.4, 0.5) is 13.2 Å². The average Bonchev–Trinajstić information content (AvgIpc) is 2.43. The van der Waals surface area contributed by atoms with Crippen molar-refractivity contribution >= 4 is 17.7 Å². The Labute approximate surface area is 143 Å². The van der Waals surface area contributed by atoms with E-state index < -0.39 is 47.2 Å². The lowest BCUT2D eigenvalue weighted by molar-refractivity contribution is -0.275. The molecule has 0 radical (unpaired) electrons. The number of benzene rings is 1. The van der Waals surface area contributed by atoms with Crippen molar-refractivity contribution in [3.05, 3.63) is 24.3 Å². The van der Waals surface area contributed by atoms with E-state index in [9.17, 15) is 26.2 Å². The Balaban J connectivity index is 3.04. The highest BCUT2D eigenvalue weighted by molar-refractivity contribution is 7.87. The standard InChI is InChI=1S/C13H18F3O7PS/c1-4-20-24(17,23-10(2)3)9-21-25(18,19)12-8-6-5-7-11(12)22-13(14,15)16/h5-8,10H,4,9H2,1-3H3. The third kappa shape index (κ3) is 7.33. The minimum Gasteiger partial charge on any atom is -0.404 e. The van der Waals surface area contributed by atoms with Crippen LogP contribution >= 0.6 is 7.60 Å². The fraction of sp³-hybridized carbons (Fsp3) is 0.538. The van der Waals surface area contributed by atoms with E-state index in [1.165, 1.54) is 13.0 Å². The molecule has 1 aromatic rings. The lowest BCUT2D eigenvalue weighted by Crippen LogP contribution is -2.20. The van der Waals surface area contributed by atoms with E-state index >= 15 is 0 Å². The first kappa shape index (κ1) is 21.9. The maximum Gasteiger partial charge on any atom is 0.573 e. The Bertz CT molecular complexity index is 719. The predicted octanol–water partition coefficient (Wildman–Crippen LogP) is 3.90. The van der Waals surface area contributed by atoms with Crippen LogP contribution < -0.4 is 4.74 Å². The van der Waals surface area contributed by atoms with Crippen LogP contribution in [0.1, 0.15) is 20.8 Å². The van der Waals surface area contributed by atoms with Crippen LogP contribution in [-0.2, 0) is 27.9 Å². The second-order valence-corrected chi connectivity index (χ2v) is 8.41. The van der Waals surface area contributed by atoms with Crippen LogP contribution in [-0.4, -0.2) is 33.8 Å². The van der Waals surface area contributed by atoms with Crippen LogP contribution in [0.15, 0.2) is 29.2 Å². The van der Waals surface area contributed by atoms with Crippen molar-refractivity contribution in [3.8, 4) is 5.75 Å². The second-order valence-electron chi connectivity index (χ2n) is 4.88. The van der Waals surface area contributed by atoms with Gasteiger partial charge >= 0.3 is 24.1 Å². The normalized spacial score (nSPS) is 15.2. The SMILES string of the molecule is CCOP(=O)(COS(=O)(=O)c1ccccc1OC(F)(F)F)OC(C)C. The van der Waals surface area contributed by atoms with Gasteiger partial charge in [0.05, 0.1) is 12.7 Å². The van der Waals surface area contributed by atoms with E-state index in [-0.39, 0.29) is 6.61 Å². The Morgan fingerprint density at radius 1 is 1.20 bits per heavy atom. The second kappa shape index (κ2) is 8.50. The fourth-order valence-electron chi connectivity index (χ4n) is 1.68. The van der Waals surface area contributed by atoms with Gasteiger partial charge in [-0.25, -0.2) is 0 Å². The van der Waals surface area contributed by atoms with Crippen LogP contribution in [0.25, 0.3) is 0 Å². The van der Waals surface area contributed by atoms with Crippen molar-refractivity contribution < 1.29 is 44.1 Å². The molecule has 0 amide bonds. The first-order chi connectivity index (χ1) is 11.4. The number of rotatable bonds is 9. The molecule has 0 N–H and O–H groups in total. The summed E-state index contributed by atoms with van der Waals surface area (Å²) in [5.41, 5.74) is 0. The summed E-state index contributed by atoms with van der Waals surface area (Å²) in [6, 6.07) is 4.03. The summed E-state index contributed by atoms with van der Waals surface area (Å²) in [5, 5.41) is 0. The molecule has 0 heterocycles. The van der Waals surface area contributed by atoms with E-state index in [1.54, 1.807) is 13.8 Å². The van der Waals surface area contributed by atoms with Gasteiger partial charge in [0.25, 0.3) is 0 Å². The molecule has 1 rings (SSSR count). The lowest BCUT2D eigenvalue weighted by Gasteiger charge is -2.20. The summed E-state index contributed by atoms with van der Waals surface area (Å²) in [5.74, 6) is -0.967. The van der Waals surface area contributed by atoms with Gasteiger partial charge in [0.2, 0.25) is 0 Å². The fourth-order valence-corrected chi connectivity index (χ4v) is 4.71. The summed E-state index contributed by atoms with van der Waals surface area (Å²) in [6.45, 7) is 4.57. The smallest absolute Gasteiger partial charge is 0.404 e. The molecule has 0 saturated carbocycles. The van der Waals surface area contributed by atoms with E-state index in [2.05, 4.69) is 8.92 Å². The van der Waals surface area contributed by atoms with Gasteiger partial charge in [0.15, 0.2) is 12.1 Å². The van der Waals surface area contributed by atoms with E-state index in [4.69, 9.17) is 9.05 Å². The van der Waals surface area contributed by atoms with Gasteiger partial charge < -0.3 is 13.8 Å². The van der Waals surface area contributed by atoms with E-state index in [1.807, 2.05) is 0 Å². The summed E-state index contributed by atoms with van der Waals surface area (Å²) in [7, 11) is -8.62. The minimum absolute atomic E-state index is 0.0405. The van der Waals surface area contributed by atoms with Gasteiger partial charge in [-0.3, -0.25) is 8.75 Å². The Hall–Kier alpha value is -1.13. The van der Waals surface area contributed by atoms with Gasteiger partial charge in [0.1, 0.15) is 4.90 Å². The van der Waals surface area contributed by atoms with Gasteiger partial charge in [-0.05, 0) is 32.9 Å². The van der Waals surface area contributed by atoms with Crippen molar-refractivity contribution in [3.63, 3.8) is 0 Å². The number of para-hydroxylation sites is 1. The zero-order valence-electron chi connectivity index (χ0n) is 13.6. The molecule has 0 bridgehead atoms. The maximum atomic E-state index is 12.4. The van der Waals surface area contributed by atoms with Crippen molar-refractivity contribution in [2.75, 3.05) is 13.0 Å². The Morgan fingerprint density at radius 2 is 1.80 bits per heavy atom. The zero-order chi connectivity index (χ0) is 19.3. The molecule has 25 heavy (non-hydrogen) atoms. The van der Waals surface area contributed by atoms with Gasteiger partial charge in [-0.15, -0.1) is 13.2 Å². The van der Waals surface area contributed by atoms with Crippen molar-refractivity contribution in [1.82, 2.24) is 0 Å². The monoisotopic (exact) mass is 406 g/mol. The molecule has 0 fully saturated rings. The third-order valence-electron chi connectivity index (χ3n) is 2.41. The van der Waals surface area contributed by atoms with Crippen LogP contribution in [0, 0.1) is 0 Å². The van der Waals surface area contributed by atoms with Crippen LogP contribution in [0.2, 0.25) is 0 Å². The highest BCUT2D eigenvalue weighted by Crippen LogP contribution is 2.50. The summed E-state index contributed by atoms with van der Waals surface area (Å²) >= 11 is 0. The van der Waals surface area contributed by atoms with Gasteiger partial charge in [0, 0.05) is 0 Å². The summed E-state index contributed by atoms with van der Waals surface area (Å²) in [6.07, 6.45) is -6.63. The van der Waals surface area contributed by atoms with Crippen molar-refractivity contribution in [2.45, 2.75) is 38.1 Å². The highest BCUT2D eigenvalue weighted by Gasteiger charge is 2.35. The molecule has 0 aliphatic rings. The van der Waals surface area contributed by atoms with Crippen molar-refractivity contribution in [2.24, 2.45) is 0 Å². The molecule has 1 unspecified atom stereocenters. The Morgan fingerprint density at radius 3 is 2.32 bits per heavy atom. The van der Waals surface area contributed by atoms with E-state index in [0.717, 1.165) is 18.2 Å². The molecule has 144 valence electrons. The maximum absolute atomic E-state index is 12.4. The first-order valence-electron chi connectivity index (χ1n) is 7.05. The molecular weight excluding hydrogens is 388 g/mol.